The predicted octanol–water partition coefficient (Wildman–Crippen LogP) is 0.362. The van der Waals surface area contributed by atoms with Crippen molar-refractivity contribution in [2.45, 2.75) is 25.8 Å². The van der Waals surface area contributed by atoms with Gasteiger partial charge in [0.1, 0.15) is 0 Å². The molecule has 0 aromatic carbocycles. The van der Waals surface area contributed by atoms with Crippen molar-refractivity contribution >= 4 is 11.9 Å². The van der Waals surface area contributed by atoms with E-state index in [1.165, 1.54) is 0 Å². The molecule has 1 fully saturated rings. The summed E-state index contributed by atoms with van der Waals surface area (Å²) in [5.74, 6) is 0.0426. The van der Waals surface area contributed by atoms with Crippen LogP contribution in [0.1, 0.15) is 19.8 Å². The minimum atomic E-state index is -0.0787. The molecule has 80 valence electrons. The zero-order chi connectivity index (χ0) is 10.7. The third-order valence-corrected chi connectivity index (χ3v) is 2.33. The summed E-state index contributed by atoms with van der Waals surface area (Å²) in [5.41, 5.74) is 5.32. The number of urea groups is 1. The monoisotopic (exact) mass is 198 g/mol. The number of nitrogens with zero attached hydrogens (tertiary/aromatic N) is 1. The highest BCUT2D eigenvalue weighted by Gasteiger charge is 2.25. The Labute approximate surface area is 84.1 Å². The molecule has 0 saturated heterocycles. The van der Waals surface area contributed by atoms with Gasteiger partial charge in [-0.1, -0.05) is 6.92 Å². The van der Waals surface area contributed by atoms with E-state index in [2.05, 4.69) is 5.32 Å². The van der Waals surface area contributed by atoms with Crippen molar-refractivity contribution < 1.29 is 4.79 Å². The third-order valence-electron chi connectivity index (χ3n) is 2.33. The number of carbonyl (C=O) groups excluding carboxylic acids is 1. The number of nitrogens with two attached hydrogens (primary N) is 1. The van der Waals surface area contributed by atoms with E-state index in [4.69, 9.17) is 11.1 Å². The van der Waals surface area contributed by atoms with Gasteiger partial charge >= 0.3 is 6.03 Å². The van der Waals surface area contributed by atoms with Gasteiger partial charge in [0.15, 0.2) is 0 Å². The molecule has 5 nitrogen and oxygen atoms in total. The lowest BCUT2D eigenvalue weighted by Crippen LogP contribution is -2.42. The van der Waals surface area contributed by atoms with Crippen molar-refractivity contribution in [1.29, 1.82) is 5.41 Å². The topological polar surface area (TPSA) is 82.2 Å². The quantitative estimate of drug-likeness (QED) is 0.450. The van der Waals surface area contributed by atoms with Crippen molar-refractivity contribution in [2.24, 2.45) is 11.7 Å². The molecule has 1 unspecified atom stereocenters. The first-order valence-electron chi connectivity index (χ1n) is 4.86. The summed E-state index contributed by atoms with van der Waals surface area (Å²) in [6, 6.07) is 0.304. The van der Waals surface area contributed by atoms with Crippen LogP contribution >= 0.6 is 0 Å². The maximum Gasteiger partial charge on any atom is 0.317 e. The molecule has 2 amide bonds. The molecule has 0 aromatic heterocycles. The average Bonchev–Trinajstić information content (AvgIpc) is 2.87. The molecular weight excluding hydrogens is 180 g/mol. The van der Waals surface area contributed by atoms with Crippen LogP contribution in [0.25, 0.3) is 0 Å². The lowest BCUT2D eigenvalue weighted by Gasteiger charge is -2.21. The standard InChI is InChI=1S/C9H18N4O/c1-6(8(10)11)5-13(2)9(14)12-7-3-4-7/h6-7H,3-5H2,1-2H3,(H3,10,11)(H,12,14). The zero-order valence-electron chi connectivity index (χ0n) is 8.71. The van der Waals surface area contributed by atoms with Crippen molar-refractivity contribution in [2.75, 3.05) is 13.6 Å². The Hall–Kier alpha value is -1.26. The van der Waals surface area contributed by atoms with Crippen LogP contribution in [0.5, 0.6) is 0 Å². The summed E-state index contributed by atoms with van der Waals surface area (Å²) in [6.07, 6.45) is 2.17. The first-order valence-corrected chi connectivity index (χ1v) is 4.86. The van der Waals surface area contributed by atoms with Crippen molar-refractivity contribution in [3.05, 3.63) is 0 Å². The van der Waals surface area contributed by atoms with Gasteiger partial charge in [-0.15, -0.1) is 0 Å². The molecule has 0 bridgehead atoms. The van der Waals surface area contributed by atoms with Crippen LogP contribution in [0, 0.1) is 11.3 Å². The number of nitrogens with one attached hydrogen (secondary N) is 2. The maximum atomic E-state index is 11.5. The molecule has 0 aliphatic heterocycles. The van der Waals surface area contributed by atoms with Gasteiger partial charge < -0.3 is 16.0 Å². The Bertz CT molecular complexity index is 237. The van der Waals surface area contributed by atoms with Crippen LogP contribution in [-0.4, -0.2) is 36.4 Å². The minimum Gasteiger partial charge on any atom is -0.387 e. The summed E-state index contributed by atoms with van der Waals surface area (Å²) in [5, 5.41) is 10.1. The second-order valence-electron chi connectivity index (χ2n) is 3.96. The molecule has 4 N–H and O–H groups in total. The lowest BCUT2D eigenvalue weighted by molar-refractivity contribution is 0.205. The summed E-state index contributed by atoms with van der Waals surface area (Å²) in [4.78, 5) is 13.0. The van der Waals surface area contributed by atoms with Crippen LogP contribution in [0.4, 0.5) is 4.79 Å². The van der Waals surface area contributed by atoms with E-state index >= 15 is 0 Å². The van der Waals surface area contributed by atoms with E-state index in [-0.39, 0.29) is 17.8 Å². The van der Waals surface area contributed by atoms with Crippen molar-refractivity contribution in [3.8, 4) is 0 Å². The number of amides is 2. The number of amidine groups is 1. The van der Waals surface area contributed by atoms with Gasteiger partial charge in [0.25, 0.3) is 0 Å². The number of hydrogen-bond donors (Lipinski definition) is 3. The fraction of sp³-hybridized carbons (Fsp3) is 0.778. The second-order valence-corrected chi connectivity index (χ2v) is 3.96. The number of hydrogen-bond acceptors (Lipinski definition) is 2. The number of carbonyl (C=O) groups is 1. The Morgan fingerprint density at radius 3 is 2.71 bits per heavy atom. The van der Waals surface area contributed by atoms with Crippen LogP contribution < -0.4 is 11.1 Å². The highest BCUT2D eigenvalue weighted by Crippen LogP contribution is 2.18. The van der Waals surface area contributed by atoms with Crippen molar-refractivity contribution in [1.82, 2.24) is 10.2 Å². The van der Waals surface area contributed by atoms with E-state index in [1.54, 1.807) is 11.9 Å². The average molecular weight is 198 g/mol. The fourth-order valence-corrected chi connectivity index (χ4v) is 1.10. The molecule has 5 heteroatoms. The first kappa shape index (κ1) is 10.8. The summed E-state index contributed by atoms with van der Waals surface area (Å²) >= 11 is 0. The first-order chi connectivity index (χ1) is 6.50. The molecule has 0 radical (unpaired) electrons. The van der Waals surface area contributed by atoms with Crippen LogP contribution in [0.3, 0.4) is 0 Å². The molecule has 14 heavy (non-hydrogen) atoms. The van der Waals surface area contributed by atoms with Crippen LogP contribution in [0.2, 0.25) is 0 Å². The molecule has 0 aromatic rings. The molecule has 1 aliphatic carbocycles. The number of rotatable bonds is 4. The van der Waals surface area contributed by atoms with Gasteiger partial charge in [-0.25, -0.2) is 4.79 Å². The predicted molar refractivity (Wildman–Crippen MR) is 55.3 cm³/mol. The van der Waals surface area contributed by atoms with E-state index in [0.29, 0.717) is 12.6 Å². The molecule has 1 rings (SSSR count). The normalized spacial score (nSPS) is 17.3. The Morgan fingerprint density at radius 1 is 1.71 bits per heavy atom. The smallest absolute Gasteiger partial charge is 0.317 e. The van der Waals surface area contributed by atoms with Crippen LogP contribution in [-0.2, 0) is 0 Å². The summed E-state index contributed by atoms with van der Waals surface area (Å²) in [6.45, 7) is 2.33. The van der Waals surface area contributed by atoms with Gasteiger partial charge in [0, 0.05) is 25.6 Å². The molecule has 0 heterocycles. The molecule has 1 saturated carbocycles. The molecule has 0 spiro atoms. The second kappa shape index (κ2) is 4.30. The highest BCUT2D eigenvalue weighted by molar-refractivity contribution is 5.80. The summed E-state index contributed by atoms with van der Waals surface area (Å²) < 4.78 is 0. The zero-order valence-corrected chi connectivity index (χ0v) is 8.71. The minimum absolute atomic E-state index is 0.0689. The Balaban J connectivity index is 2.28. The van der Waals surface area contributed by atoms with Gasteiger partial charge in [0.2, 0.25) is 0 Å². The van der Waals surface area contributed by atoms with Gasteiger partial charge in [-0.3, -0.25) is 5.41 Å². The van der Waals surface area contributed by atoms with E-state index in [9.17, 15) is 4.79 Å². The molecular formula is C9H18N4O. The van der Waals surface area contributed by atoms with Gasteiger partial charge in [0.05, 0.1) is 5.84 Å². The Morgan fingerprint density at radius 2 is 2.29 bits per heavy atom. The van der Waals surface area contributed by atoms with E-state index in [1.807, 2.05) is 6.92 Å². The summed E-state index contributed by atoms with van der Waals surface area (Å²) in [7, 11) is 1.72. The largest absolute Gasteiger partial charge is 0.387 e. The maximum absolute atomic E-state index is 11.5. The van der Waals surface area contributed by atoms with Crippen molar-refractivity contribution in [3.63, 3.8) is 0 Å². The van der Waals surface area contributed by atoms with Crippen LogP contribution in [0.15, 0.2) is 0 Å². The SMILES string of the molecule is CC(CN(C)C(=O)NC1CC1)C(=N)N. The third kappa shape index (κ3) is 3.24. The van der Waals surface area contributed by atoms with Gasteiger partial charge in [-0.2, -0.15) is 0 Å². The fourth-order valence-electron chi connectivity index (χ4n) is 1.10. The Kier molecular flexibility index (Phi) is 3.33. The van der Waals surface area contributed by atoms with E-state index < -0.39 is 0 Å². The highest BCUT2D eigenvalue weighted by atomic mass is 16.2. The molecule has 1 atom stereocenters. The lowest BCUT2D eigenvalue weighted by atomic mass is 10.1. The van der Waals surface area contributed by atoms with Gasteiger partial charge in [-0.05, 0) is 12.8 Å². The molecule has 1 aliphatic rings. The van der Waals surface area contributed by atoms with E-state index in [0.717, 1.165) is 12.8 Å².